The monoisotopic (exact) mass is 290 g/mol. The number of fused-ring (bicyclic) bond motifs is 1. The van der Waals surface area contributed by atoms with Crippen LogP contribution in [0.15, 0.2) is 12.4 Å². The Morgan fingerprint density at radius 3 is 2.62 bits per heavy atom. The van der Waals surface area contributed by atoms with Gasteiger partial charge in [-0.1, -0.05) is 0 Å². The highest BCUT2D eigenvalue weighted by Crippen LogP contribution is 2.18. The molecule has 0 atom stereocenters. The van der Waals surface area contributed by atoms with Crippen LogP contribution >= 0.6 is 0 Å². The molecular formula is C14H22N6O. The number of rotatable bonds is 3. The predicted molar refractivity (Wildman–Crippen MR) is 80.5 cm³/mol. The maximum absolute atomic E-state index is 9.92. The summed E-state index contributed by atoms with van der Waals surface area (Å²) in [5.74, 6) is 1.68. The fraction of sp³-hybridized carbons (Fsp3) is 0.643. The van der Waals surface area contributed by atoms with Gasteiger partial charge >= 0.3 is 0 Å². The van der Waals surface area contributed by atoms with Crippen LogP contribution in [0, 0.1) is 6.92 Å². The summed E-state index contributed by atoms with van der Waals surface area (Å²) >= 11 is 0. The number of nitrogens with zero attached hydrogens (tertiary/aromatic N) is 6. The van der Waals surface area contributed by atoms with Gasteiger partial charge in [-0.25, -0.2) is 4.98 Å². The standard InChI is InChI=1S/C14H22N6O/c1-11-8-12(20-13(17-11)15-10-16-20)19-6-4-18(5-7-19)9-14(2,3)21/h8,10,21H,4-7,9H2,1-3H3. The SMILES string of the molecule is Cc1cc(N2CCN(CC(C)(C)O)CC2)n2ncnc2n1. The molecule has 0 amide bonds. The molecule has 1 aliphatic heterocycles. The molecule has 2 aromatic heterocycles. The topological polar surface area (TPSA) is 69.8 Å². The Morgan fingerprint density at radius 1 is 1.24 bits per heavy atom. The first-order chi connectivity index (χ1) is 9.92. The zero-order valence-electron chi connectivity index (χ0n) is 12.8. The normalized spacial score (nSPS) is 17.6. The summed E-state index contributed by atoms with van der Waals surface area (Å²) < 4.78 is 1.79. The minimum atomic E-state index is -0.644. The van der Waals surface area contributed by atoms with E-state index in [2.05, 4.69) is 24.9 Å². The maximum Gasteiger partial charge on any atom is 0.254 e. The zero-order chi connectivity index (χ0) is 15.0. The van der Waals surface area contributed by atoms with Gasteiger partial charge in [-0.3, -0.25) is 4.90 Å². The lowest BCUT2D eigenvalue weighted by molar-refractivity contribution is 0.0344. The molecule has 0 bridgehead atoms. The van der Waals surface area contributed by atoms with Crippen LogP contribution in [-0.2, 0) is 0 Å². The zero-order valence-corrected chi connectivity index (χ0v) is 12.8. The fourth-order valence-corrected chi connectivity index (χ4v) is 2.82. The van der Waals surface area contributed by atoms with Crippen molar-refractivity contribution in [2.24, 2.45) is 0 Å². The summed E-state index contributed by atoms with van der Waals surface area (Å²) in [5, 5.41) is 14.2. The molecular weight excluding hydrogens is 268 g/mol. The first-order valence-corrected chi connectivity index (χ1v) is 7.29. The van der Waals surface area contributed by atoms with Crippen molar-refractivity contribution in [1.82, 2.24) is 24.5 Å². The Balaban J connectivity index is 1.75. The van der Waals surface area contributed by atoms with E-state index in [1.165, 1.54) is 6.33 Å². The Hall–Kier alpha value is -1.73. The molecule has 7 heteroatoms. The van der Waals surface area contributed by atoms with Gasteiger partial charge in [-0.05, 0) is 20.8 Å². The van der Waals surface area contributed by atoms with Crippen molar-refractivity contribution in [1.29, 1.82) is 0 Å². The highest BCUT2D eigenvalue weighted by molar-refractivity contribution is 5.47. The molecule has 0 radical (unpaired) electrons. The Morgan fingerprint density at radius 2 is 1.95 bits per heavy atom. The van der Waals surface area contributed by atoms with Crippen molar-refractivity contribution >= 4 is 11.6 Å². The van der Waals surface area contributed by atoms with Crippen LogP contribution in [0.4, 0.5) is 5.82 Å². The lowest BCUT2D eigenvalue weighted by Crippen LogP contribution is -2.51. The number of piperazine rings is 1. The minimum Gasteiger partial charge on any atom is -0.389 e. The second-order valence-corrected chi connectivity index (χ2v) is 6.30. The minimum absolute atomic E-state index is 0.643. The second kappa shape index (κ2) is 5.23. The predicted octanol–water partition coefficient (Wildman–Crippen LogP) is 0.326. The van der Waals surface area contributed by atoms with Crippen molar-refractivity contribution in [3.05, 3.63) is 18.1 Å². The quantitative estimate of drug-likeness (QED) is 0.878. The van der Waals surface area contributed by atoms with Crippen molar-refractivity contribution in [2.45, 2.75) is 26.4 Å². The first-order valence-electron chi connectivity index (χ1n) is 7.29. The van der Waals surface area contributed by atoms with Crippen molar-refractivity contribution in [2.75, 3.05) is 37.6 Å². The molecule has 3 rings (SSSR count). The average Bonchev–Trinajstić information content (AvgIpc) is 2.85. The highest BCUT2D eigenvalue weighted by Gasteiger charge is 2.24. The van der Waals surface area contributed by atoms with Gasteiger partial charge in [-0.2, -0.15) is 14.6 Å². The summed E-state index contributed by atoms with van der Waals surface area (Å²) in [6.07, 6.45) is 1.54. The number of β-amino-alcohol motifs (C(OH)–C–C–N with tert-alkyl or cyclic N) is 1. The van der Waals surface area contributed by atoms with Crippen LogP contribution < -0.4 is 4.90 Å². The van der Waals surface area contributed by atoms with Crippen molar-refractivity contribution < 1.29 is 5.11 Å². The van der Waals surface area contributed by atoms with Gasteiger partial charge in [0.05, 0.1) is 5.60 Å². The molecule has 114 valence electrons. The number of hydrogen-bond acceptors (Lipinski definition) is 6. The van der Waals surface area contributed by atoms with E-state index in [-0.39, 0.29) is 0 Å². The third-order valence-electron chi connectivity index (χ3n) is 3.67. The first kappa shape index (κ1) is 14.2. The summed E-state index contributed by atoms with van der Waals surface area (Å²) in [7, 11) is 0. The van der Waals surface area contributed by atoms with E-state index < -0.39 is 5.60 Å². The molecule has 21 heavy (non-hydrogen) atoms. The molecule has 0 saturated carbocycles. The van der Waals surface area contributed by atoms with Gasteiger partial charge in [0.2, 0.25) is 0 Å². The van der Waals surface area contributed by atoms with E-state index in [9.17, 15) is 5.11 Å². The molecule has 3 heterocycles. The van der Waals surface area contributed by atoms with Crippen LogP contribution in [0.2, 0.25) is 0 Å². The maximum atomic E-state index is 9.92. The molecule has 1 fully saturated rings. The van der Waals surface area contributed by atoms with Gasteiger partial charge in [-0.15, -0.1) is 0 Å². The highest BCUT2D eigenvalue weighted by atomic mass is 16.3. The van der Waals surface area contributed by atoms with Crippen LogP contribution in [-0.4, -0.2) is 67.9 Å². The molecule has 0 aliphatic carbocycles. The lowest BCUT2D eigenvalue weighted by Gasteiger charge is -2.38. The van der Waals surface area contributed by atoms with Gasteiger partial charge in [0, 0.05) is 44.5 Å². The molecule has 2 aromatic rings. The molecule has 0 aromatic carbocycles. The van der Waals surface area contributed by atoms with Gasteiger partial charge < -0.3 is 10.0 Å². The molecule has 1 aliphatic rings. The van der Waals surface area contributed by atoms with Crippen LogP contribution in [0.1, 0.15) is 19.5 Å². The van der Waals surface area contributed by atoms with E-state index in [0.29, 0.717) is 12.3 Å². The second-order valence-electron chi connectivity index (χ2n) is 6.30. The van der Waals surface area contributed by atoms with E-state index in [1.807, 2.05) is 26.8 Å². The molecule has 0 unspecified atom stereocenters. The number of aryl methyl sites for hydroxylation is 1. The van der Waals surface area contributed by atoms with E-state index in [1.54, 1.807) is 4.52 Å². The Labute approximate surface area is 124 Å². The summed E-state index contributed by atoms with van der Waals surface area (Å²) in [6.45, 7) is 10.1. The van der Waals surface area contributed by atoms with E-state index in [0.717, 1.165) is 37.7 Å². The van der Waals surface area contributed by atoms with E-state index in [4.69, 9.17) is 0 Å². The third kappa shape index (κ3) is 3.14. The molecule has 1 N–H and O–H groups in total. The summed E-state index contributed by atoms with van der Waals surface area (Å²) in [4.78, 5) is 13.1. The molecule has 1 saturated heterocycles. The lowest BCUT2D eigenvalue weighted by atomic mass is 10.1. The largest absolute Gasteiger partial charge is 0.389 e. The number of aliphatic hydroxyl groups is 1. The number of anilines is 1. The fourth-order valence-electron chi connectivity index (χ4n) is 2.82. The van der Waals surface area contributed by atoms with Gasteiger partial charge in [0.15, 0.2) is 0 Å². The summed E-state index contributed by atoms with van der Waals surface area (Å²) in [5.41, 5.74) is 0.304. The van der Waals surface area contributed by atoms with Crippen molar-refractivity contribution in [3.8, 4) is 0 Å². The Bertz CT molecular complexity index is 624. The van der Waals surface area contributed by atoms with Crippen molar-refractivity contribution in [3.63, 3.8) is 0 Å². The van der Waals surface area contributed by atoms with Gasteiger partial charge in [0.25, 0.3) is 5.78 Å². The van der Waals surface area contributed by atoms with Crippen LogP contribution in [0.5, 0.6) is 0 Å². The number of aromatic nitrogens is 4. The van der Waals surface area contributed by atoms with E-state index >= 15 is 0 Å². The smallest absolute Gasteiger partial charge is 0.254 e. The Kier molecular flexibility index (Phi) is 3.54. The average molecular weight is 290 g/mol. The molecule has 0 spiro atoms. The third-order valence-corrected chi connectivity index (χ3v) is 3.67. The number of hydrogen-bond donors (Lipinski definition) is 1. The van der Waals surface area contributed by atoms with Crippen LogP contribution in [0.25, 0.3) is 5.78 Å². The van der Waals surface area contributed by atoms with Gasteiger partial charge in [0.1, 0.15) is 12.1 Å². The molecule has 7 nitrogen and oxygen atoms in total. The summed E-state index contributed by atoms with van der Waals surface area (Å²) in [6, 6.07) is 2.05. The van der Waals surface area contributed by atoms with Crippen LogP contribution in [0.3, 0.4) is 0 Å².